The van der Waals surface area contributed by atoms with Gasteiger partial charge in [-0.1, -0.05) is 44.2 Å². The third kappa shape index (κ3) is 4.83. The molecule has 2 aromatic carbocycles. The Morgan fingerprint density at radius 3 is 2.42 bits per heavy atom. The normalized spacial score (nSPS) is 22.1. The fourth-order valence-electron chi connectivity index (χ4n) is 4.28. The minimum atomic E-state index is 0.326. The van der Waals surface area contributed by atoms with Crippen molar-refractivity contribution < 1.29 is 10.1 Å². The van der Waals surface area contributed by atoms with Crippen LogP contribution in [-0.4, -0.2) is 24.2 Å². The second kappa shape index (κ2) is 8.49. The summed E-state index contributed by atoms with van der Waals surface area (Å²) in [5.74, 6) is 2.19. The number of methoxy groups -OCH3 is 1. The number of rotatable bonds is 7. The Labute approximate surface area is 162 Å². The first-order valence-electron chi connectivity index (χ1n) is 9.67. The summed E-state index contributed by atoms with van der Waals surface area (Å²) in [6, 6.07) is 19.7. The maximum absolute atomic E-state index is 5.24. The van der Waals surface area contributed by atoms with Gasteiger partial charge in [0.2, 0.25) is 0 Å². The van der Waals surface area contributed by atoms with Gasteiger partial charge >= 0.3 is 0 Å². The van der Waals surface area contributed by atoms with E-state index in [9.17, 15) is 0 Å². The Hall–Kier alpha value is -1.45. The molecule has 0 saturated carbocycles. The molecule has 1 aliphatic heterocycles. The van der Waals surface area contributed by atoms with Crippen molar-refractivity contribution in [1.82, 2.24) is 0 Å². The highest BCUT2D eigenvalue weighted by Gasteiger charge is 2.41. The number of ether oxygens (including phenoxy) is 1. The molecule has 0 bridgehead atoms. The maximum Gasteiger partial charge on any atom is 0.118 e. The van der Waals surface area contributed by atoms with Gasteiger partial charge in [0, 0.05) is 22.1 Å². The molecule has 1 atom stereocenters. The van der Waals surface area contributed by atoms with Crippen molar-refractivity contribution in [1.29, 1.82) is 0 Å². The molecular weight excluding hydrogens is 338 g/mol. The predicted molar refractivity (Wildman–Crippen MR) is 112 cm³/mol. The highest BCUT2D eigenvalue weighted by atomic mass is 32.2. The molecule has 0 aliphatic carbocycles. The van der Waals surface area contributed by atoms with Gasteiger partial charge in [-0.05, 0) is 48.4 Å². The molecular formula is C23H32NOS+. The van der Waals surface area contributed by atoms with E-state index in [0.29, 0.717) is 10.2 Å². The highest BCUT2D eigenvalue weighted by molar-refractivity contribution is 8.00. The molecule has 1 fully saturated rings. The monoisotopic (exact) mass is 370 g/mol. The quantitative estimate of drug-likeness (QED) is 0.731. The fraction of sp³-hybridized carbons (Fsp3) is 0.478. The Morgan fingerprint density at radius 2 is 1.77 bits per heavy atom. The van der Waals surface area contributed by atoms with E-state index in [1.54, 1.807) is 7.11 Å². The average Bonchev–Trinajstić information content (AvgIpc) is 2.66. The molecule has 2 aromatic rings. The number of nitrogens with two attached hydrogens (primary N) is 1. The van der Waals surface area contributed by atoms with Crippen LogP contribution in [0.25, 0.3) is 0 Å². The van der Waals surface area contributed by atoms with Gasteiger partial charge in [-0.2, -0.15) is 11.8 Å². The van der Waals surface area contributed by atoms with Crippen molar-refractivity contribution in [3.05, 3.63) is 65.7 Å². The van der Waals surface area contributed by atoms with Gasteiger partial charge in [-0.15, -0.1) is 0 Å². The average molecular weight is 371 g/mol. The smallest absolute Gasteiger partial charge is 0.118 e. The maximum atomic E-state index is 5.24. The number of benzene rings is 2. The topological polar surface area (TPSA) is 25.8 Å². The Kier molecular flexibility index (Phi) is 6.31. The van der Waals surface area contributed by atoms with Gasteiger partial charge in [-0.3, -0.25) is 0 Å². The van der Waals surface area contributed by atoms with E-state index in [1.807, 2.05) is 0 Å². The molecule has 140 valence electrons. The van der Waals surface area contributed by atoms with E-state index in [-0.39, 0.29) is 0 Å². The van der Waals surface area contributed by atoms with Crippen LogP contribution in [0.2, 0.25) is 0 Å². The van der Waals surface area contributed by atoms with Crippen molar-refractivity contribution in [2.75, 3.05) is 19.4 Å². The van der Waals surface area contributed by atoms with Gasteiger partial charge in [0.1, 0.15) is 12.3 Å². The van der Waals surface area contributed by atoms with Crippen LogP contribution in [0, 0.1) is 0 Å². The number of hydrogen-bond donors (Lipinski definition) is 1. The largest absolute Gasteiger partial charge is 0.497 e. The van der Waals surface area contributed by atoms with E-state index >= 15 is 0 Å². The molecule has 1 heterocycles. The summed E-state index contributed by atoms with van der Waals surface area (Å²) in [5, 5.41) is 2.46. The van der Waals surface area contributed by atoms with Crippen LogP contribution in [0.15, 0.2) is 54.6 Å². The van der Waals surface area contributed by atoms with Gasteiger partial charge in [0.25, 0.3) is 0 Å². The van der Waals surface area contributed by atoms with Crippen LogP contribution >= 0.6 is 11.8 Å². The molecule has 26 heavy (non-hydrogen) atoms. The summed E-state index contributed by atoms with van der Waals surface area (Å²) in [4.78, 5) is 0. The van der Waals surface area contributed by atoms with Gasteiger partial charge < -0.3 is 10.1 Å². The summed E-state index contributed by atoms with van der Waals surface area (Å²) < 4.78 is 5.61. The summed E-state index contributed by atoms with van der Waals surface area (Å²) in [6.07, 6.45) is 3.81. The van der Waals surface area contributed by atoms with Crippen molar-refractivity contribution in [3.8, 4) is 5.75 Å². The molecule has 0 amide bonds. The Morgan fingerprint density at radius 1 is 1.04 bits per heavy atom. The Balaban J connectivity index is 1.63. The minimum Gasteiger partial charge on any atom is -0.497 e. The molecule has 3 rings (SSSR count). The standard InChI is InChI=1S/C23H31NOS/c1-22(2)18-23(14-16-26-22,20-7-5-4-6-8-20)13-15-24-17-19-9-11-21(25-3)12-10-19/h4-12,24H,13-18H2,1-3H3/p+1/t23-/m1/s1. The van der Waals surface area contributed by atoms with Crippen LogP contribution in [0.1, 0.15) is 44.2 Å². The molecule has 2 N–H and O–H groups in total. The molecule has 0 spiro atoms. The van der Waals surface area contributed by atoms with Crippen LogP contribution in [-0.2, 0) is 12.0 Å². The van der Waals surface area contributed by atoms with Crippen LogP contribution in [0.3, 0.4) is 0 Å². The summed E-state index contributed by atoms with van der Waals surface area (Å²) in [7, 11) is 1.72. The van der Waals surface area contributed by atoms with E-state index in [4.69, 9.17) is 4.74 Å². The molecule has 1 saturated heterocycles. The lowest BCUT2D eigenvalue weighted by Gasteiger charge is -2.45. The summed E-state index contributed by atoms with van der Waals surface area (Å²) in [5.41, 5.74) is 3.22. The van der Waals surface area contributed by atoms with Gasteiger partial charge in [0.15, 0.2) is 0 Å². The molecule has 2 nitrogen and oxygen atoms in total. The molecule has 3 heteroatoms. The first kappa shape index (κ1) is 19.3. The van der Waals surface area contributed by atoms with Crippen molar-refractivity contribution in [3.63, 3.8) is 0 Å². The van der Waals surface area contributed by atoms with Crippen LogP contribution < -0.4 is 10.1 Å². The van der Waals surface area contributed by atoms with Gasteiger partial charge in [-0.25, -0.2) is 0 Å². The second-order valence-corrected chi connectivity index (χ2v) is 9.86. The first-order chi connectivity index (χ1) is 12.5. The van der Waals surface area contributed by atoms with E-state index < -0.39 is 0 Å². The lowest BCUT2D eigenvalue weighted by molar-refractivity contribution is -0.671. The van der Waals surface area contributed by atoms with Crippen LogP contribution in [0.5, 0.6) is 5.75 Å². The lowest BCUT2D eigenvalue weighted by Crippen LogP contribution is -2.83. The third-order valence-corrected chi connectivity index (χ3v) is 6.92. The van der Waals surface area contributed by atoms with E-state index in [2.05, 4.69) is 85.5 Å². The van der Waals surface area contributed by atoms with Crippen molar-refractivity contribution in [2.24, 2.45) is 0 Å². The third-order valence-electron chi connectivity index (χ3n) is 5.59. The fourth-order valence-corrected chi connectivity index (χ4v) is 5.71. The summed E-state index contributed by atoms with van der Waals surface area (Å²) in [6.45, 7) is 7.03. The van der Waals surface area contributed by atoms with E-state index in [0.717, 1.165) is 12.3 Å². The molecule has 0 radical (unpaired) electrons. The highest BCUT2D eigenvalue weighted by Crippen LogP contribution is 2.48. The molecule has 0 aromatic heterocycles. The Bertz CT molecular complexity index is 683. The number of thioether (sulfide) groups is 1. The first-order valence-corrected chi connectivity index (χ1v) is 10.7. The number of quaternary nitrogens is 1. The van der Waals surface area contributed by atoms with Crippen molar-refractivity contribution in [2.45, 2.75) is 49.8 Å². The molecule has 1 aliphatic rings. The summed E-state index contributed by atoms with van der Waals surface area (Å²) >= 11 is 2.13. The zero-order chi connectivity index (χ0) is 18.5. The zero-order valence-electron chi connectivity index (χ0n) is 16.3. The number of hydrogen-bond acceptors (Lipinski definition) is 2. The zero-order valence-corrected chi connectivity index (χ0v) is 17.1. The van der Waals surface area contributed by atoms with Crippen LogP contribution in [0.4, 0.5) is 0 Å². The molecule has 0 unspecified atom stereocenters. The SMILES string of the molecule is COc1ccc(C[NH2+]CC[C@@]2(c3ccccc3)CCSC(C)(C)C2)cc1. The van der Waals surface area contributed by atoms with E-state index in [1.165, 1.54) is 42.7 Å². The minimum absolute atomic E-state index is 0.326. The second-order valence-electron chi connectivity index (χ2n) is 8.06. The predicted octanol–water partition coefficient (Wildman–Crippen LogP) is 4.39. The lowest BCUT2D eigenvalue weighted by atomic mass is 9.69. The van der Waals surface area contributed by atoms with Crippen molar-refractivity contribution >= 4 is 11.8 Å². The van der Waals surface area contributed by atoms with Gasteiger partial charge in [0.05, 0.1) is 13.7 Å².